The van der Waals surface area contributed by atoms with E-state index < -0.39 is 0 Å². The van der Waals surface area contributed by atoms with E-state index >= 15 is 0 Å². The lowest BCUT2D eigenvalue weighted by Gasteiger charge is -2.01. The predicted octanol–water partition coefficient (Wildman–Crippen LogP) is 1.66. The zero-order valence-electron chi connectivity index (χ0n) is 11.6. The average Bonchev–Trinajstić information content (AvgIpc) is 2.85. The maximum Gasteiger partial charge on any atom is 0.220 e. The summed E-state index contributed by atoms with van der Waals surface area (Å²) in [6.07, 6.45) is 0.845. The minimum Gasteiger partial charge on any atom is -0.440 e. The summed E-state index contributed by atoms with van der Waals surface area (Å²) in [7, 11) is 0. The lowest BCUT2D eigenvalue weighted by atomic mass is 10.1. The van der Waals surface area contributed by atoms with Gasteiger partial charge in [0.2, 0.25) is 5.91 Å². The number of nitrogens with zero attached hydrogens (tertiary/aromatic N) is 1. The maximum atomic E-state index is 11.5. The zero-order chi connectivity index (χ0) is 14.4. The third-order valence-corrected chi connectivity index (χ3v) is 2.91. The molecule has 5 heteroatoms. The molecule has 1 aromatic heterocycles. The molecule has 0 bridgehead atoms. The van der Waals surface area contributed by atoms with E-state index in [-0.39, 0.29) is 5.91 Å². The van der Waals surface area contributed by atoms with E-state index in [0.717, 1.165) is 17.0 Å². The van der Waals surface area contributed by atoms with E-state index in [1.807, 2.05) is 37.3 Å². The van der Waals surface area contributed by atoms with Crippen molar-refractivity contribution in [3.05, 3.63) is 41.9 Å². The molecule has 0 atom stereocenters. The van der Waals surface area contributed by atoms with Crippen LogP contribution in [0.25, 0.3) is 11.3 Å². The van der Waals surface area contributed by atoms with E-state index in [0.29, 0.717) is 31.8 Å². The number of benzene rings is 1. The number of aryl methyl sites for hydroxylation is 2. The molecule has 20 heavy (non-hydrogen) atoms. The van der Waals surface area contributed by atoms with Crippen LogP contribution in [0.1, 0.15) is 18.0 Å². The van der Waals surface area contributed by atoms with E-state index in [9.17, 15) is 4.79 Å². The maximum absolute atomic E-state index is 11.5. The summed E-state index contributed by atoms with van der Waals surface area (Å²) in [6, 6.07) is 9.82. The fourth-order valence-electron chi connectivity index (χ4n) is 1.94. The van der Waals surface area contributed by atoms with Gasteiger partial charge in [0, 0.05) is 31.5 Å². The fraction of sp³-hybridized carbons (Fsp3) is 0.333. The molecule has 5 nitrogen and oxygen atoms in total. The first-order valence-electron chi connectivity index (χ1n) is 6.69. The lowest BCUT2D eigenvalue weighted by Crippen LogP contribution is -2.29. The van der Waals surface area contributed by atoms with Crippen molar-refractivity contribution in [3.63, 3.8) is 0 Å². The van der Waals surface area contributed by atoms with E-state index in [4.69, 9.17) is 10.2 Å². The minimum absolute atomic E-state index is 0.0347. The van der Waals surface area contributed by atoms with Gasteiger partial charge in [0.1, 0.15) is 0 Å². The number of oxazole rings is 1. The Morgan fingerprint density at radius 3 is 2.80 bits per heavy atom. The van der Waals surface area contributed by atoms with Crippen LogP contribution in [0.15, 0.2) is 34.7 Å². The van der Waals surface area contributed by atoms with Gasteiger partial charge < -0.3 is 15.5 Å². The number of hydrogen-bond donors (Lipinski definition) is 2. The van der Waals surface area contributed by atoms with E-state index in [1.165, 1.54) is 0 Å². The van der Waals surface area contributed by atoms with Crippen LogP contribution in [0.3, 0.4) is 0 Å². The van der Waals surface area contributed by atoms with E-state index in [1.54, 1.807) is 0 Å². The first-order valence-corrected chi connectivity index (χ1v) is 6.69. The SMILES string of the molecule is Cc1nc(CCC(=O)NCCN)oc1-c1ccccc1. The Morgan fingerprint density at radius 1 is 1.35 bits per heavy atom. The topological polar surface area (TPSA) is 81.2 Å². The Bertz CT molecular complexity index is 564. The van der Waals surface area contributed by atoms with Gasteiger partial charge in [-0.3, -0.25) is 4.79 Å². The van der Waals surface area contributed by atoms with Crippen molar-refractivity contribution >= 4 is 5.91 Å². The Labute approximate surface area is 118 Å². The van der Waals surface area contributed by atoms with Gasteiger partial charge in [-0.25, -0.2) is 4.98 Å². The highest BCUT2D eigenvalue weighted by atomic mass is 16.4. The largest absolute Gasteiger partial charge is 0.440 e. The summed E-state index contributed by atoms with van der Waals surface area (Å²) < 4.78 is 5.74. The molecule has 0 saturated carbocycles. The van der Waals surface area contributed by atoms with E-state index in [2.05, 4.69) is 10.3 Å². The second kappa shape index (κ2) is 6.86. The summed E-state index contributed by atoms with van der Waals surface area (Å²) >= 11 is 0. The van der Waals surface area contributed by atoms with Crippen molar-refractivity contribution in [2.75, 3.05) is 13.1 Å². The molecule has 0 radical (unpaired) electrons. The lowest BCUT2D eigenvalue weighted by molar-refractivity contribution is -0.121. The number of nitrogens with two attached hydrogens (primary N) is 1. The second-order valence-corrected chi connectivity index (χ2v) is 4.53. The van der Waals surface area contributed by atoms with Gasteiger partial charge in [-0.05, 0) is 6.92 Å². The molecule has 0 unspecified atom stereocenters. The molecule has 2 rings (SSSR count). The highest BCUT2D eigenvalue weighted by Gasteiger charge is 2.12. The zero-order valence-corrected chi connectivity index (χ0v) is 11.6. The second-order valence-electron chi connectivity index (χ2n) is 4.53. The molecular formula is C15H19N3O2. The van der Waals surface area contributed by atoms with Crippen LogP contribution in [0, 0.1) is 6.92 Å². The highest BCUT2D eigenvalue weighted by Crippen LogP contribution is 2.24. The quantitative estimate of drug-likeness (QED) is 0.838. The van der Waals surface area contributed by atoms with Crippen LogP contribution < -0.4 is 11.1 Å². The Balaban J connectivity index is 1.99. The monoisotopic (exact) mass is 273 g/mol. The van der Waals surface area contributed by atoms with Crippen molar-refractivity contribution in [2.45, 2.75) is 19.8 Å². The Kier molecular flexibility index (Phi) is 4.90. The third-order valence-electron chi connectivity index (χ3n) is 2.91. The number of carbonyl (C=O) groups excluding carboxylic acids is 1. The minimum atomic E-state index is -0.0347. The van der Waals surface area contributed by atoms with Crippen LogP contribution in [-0.4, -0.2) is 24.0 Å². The van der Waals surface area contributed by atoms with Crippen LogP contribution in [0.4, 0.5) is 0 Å². The smallest absolute Gasteiger partial charge is 0.220 e. The number of nitrogens with one attached hydrogen (secondary N) is 1. The predicted molar refractivity (Wildman–Crippen MR) is 77.1 cm³/mol. The normalized spacial score (nSPS) is 10.5. The van der Waals surface area contributed by atoms with Crippen molar-refractivity contribution in [1.29, 1.82) is 0 Å². The molecule has 1 aromatic carbocycles. The first-order chi connectivity index (χ1) is 9.70. The van der Waals surface area contributed by atoms with Crippen LogP contribution in [-0.2, 0) is 11.2 Å². The molecule has 0 aliphatic carbocycles. The van der Waals surface area contributed by atoms with Gasteiger partial charge in [-0.1, -0.05) is 30.3 Å². The summed E-state index contributed by atoms with van der Waals surface area (Å²) in [5, 5.41) is 2.72. The standard InChI is InChI=1S/C15H19N3O2/c1-11-15(12-5-3-2-4-6-12)20-14(18-11)8-7-13(19)17-10-9-16/h2-6H,7-10,16H2,1H3,(H,17,19). The molecule has 0 aliphatic rings. The van der Waals surface area contributed by atoms with Gasteiger partial charge in [0.05, 0.1) is 5.69 Å². The molecule has 0 fully saturated rings. The summed E-state index contributed by atoms with van der Waals surface area (Å²) in [5.74, 6) is 1.32. The number of hydrogen-bond acceptors (Lipinski definition) is 4. The van der Waals surface area contributed by atoms with Gasteiger partial charge in [0.25, 0.3) is 0 Å². The molecule has 0 saturated heterocycles. The summed E-state index contributed by atoms with van der Waals surface area (Å²) in [5.41, 5.74) is 7.16. The first kappa shape index (κ1) is 14.3. The molecule has 2 aromatic rings. The highest BCUT2D eigenvalue weighted by molar-refractivity contribution is 5.76. The van der Waals surface area contributed by atoms with Gasteiger partial charge in [-0.2, -0.15) is 0 Å². The molecule has 3 N–H and O–H groups in total. The molecule has 1 amide bonds. The van der Waals surface area contributed by atoms with Crippen molar-refractivity contribution in [2.24, 2.45) is 5.73 Å². The number of carbonyl (C=O) groups is 1. The fourth-order valence-corrected chi connectivity index (χ4v) is 1.94. The van der Waals surface area contributed by atoms with Crippen molar-refractivity contribution < 1.29 is 9.21 Å². The number of amides is 1. The van der Waals surface area contributed by atoms with Gasteiger partial charge >= 0.3 is 0 Å². The Hall–Kier alpha value is -2.14. The van der Waals surface area contributed by atoms with Crippen LogP contribution in [0.2, 0.25) is 0 Å². The number of aromatic nitrogens is 1. The summed E-state index contributed by atoms with van der Waals surface area (Å²) in [4.78, 5) is 15.9. The van der Waals surface area contributed by atoms with Crippen LogP contribution >= 0.6 is 0 Å². The van der Waals surface area contributed by atoms with Crippen molar-refractivity contribution in [3.8, 4) is 11.3 Å². The van der Waals surface area contributed by atoms with Crippen LogP contribution in [0.5, 0.6) is 0 Å². The molecule has 0 spiro atoms. The molecule has 106 valence electrons. The molecular weight excluding hydrogens is 254 g/mol. The van der Waals surface area contributed by atoms with Gasteiger partial charge in [-0.15, -0.1) is 0 Å². The number of rotatable bonds is 6. The molecule has 0 aliphatic heterocycles. The van der Waals surface area contributed by atoms with Gasteiger partial charge in [0.15, 0.2) is 11.7 Å². The Morgan fingerprint density at radius 2 is 2.10 bits per heavy atom. The third kappa shape index (κ3) is 3.68. The average molecular weight is 273 g/mol. The molecule has 1 heterocycles. The van der Waals surface area contributed by atoms with Crippen molar-refractivity contribution in [1.82, 2.24) is 10.3 Å². The summed E-state index contributed by atoms with van der Waals surface area (Å²) in [6.45, 7) is 2.85.